The highest BCUT2D eigenvalue weighted by Crippen LogP contribution is 2.28. The number of aromatic nitrogens is 2. The molecule has 118 valence electrons. The molecule has 0 radical (unpaired) electrons. The van der Waals surface area contributed by atoms with Crippen LogP contribution in [0.1, 0.15) is 22.6 Å². The summed E-state index contributed by atoms with van der Waals surface area (Å²) in [4.78, 5) is 4.34. The summed E-state index contributed by atoms with van der Waals surface area (Å²) < 4.78 is 6.33. The van der Waals surface area contributed by atoms with Crippen molar-refractivity contribution in [1.82, 2.24) is 10.1 Å². The Hall–Kier alpha value is -2.14. The smallest absolute Gasteiger partial charge is 0.141 e. The van der Waals surface area contributed by atoms with Crippen LogP contribution in [0, 0.1) is 13.8 Å². The Morgan fingerprint density at radius 3 is 2.52 bits per heavy atom. The standard InChI is InChI=1S/C18H18BrN3O/c1-11-17(12(2)23-22-11)15-9-14(18(20)21-10-15)6-3-13-4-7-16(19)8-5-13/h4-5,7-10H,3,6H2,1-2H3,(H2,20,21). The van der Waals surface area contributed by atoms with Crippen LogP contribution in [-0.4, -0.2) is 10.1 Å². The lowest BCUT2D eigenvalue weighted by atomic mass is 10.0. The molecule has 0 spiro atoms. The second-order valence-corrected chi connectivity index (χ2v) is 6.51. The molecule has 0 bridgehead atoms. The average molecular weight is 372 g/mol. The van der Waals surface area contributed by atoms with Gasteiger partial charge in [0.25, 0.3) is 0 Å². The van der Waals surface area contributed by atoms with Crippen LogP contribution >= 0.6 is 15.9 Å². The van der Waals surface area contributed by atoms with Gasteiger partial charge < -0.3 is 10.3 Å². The van der Waals surface area contributed by atoms with E-state index in [0.29, 0.717) is 5.82 Å². The van der Waals surface area contributed by atoms with E-state index in [1.165, 1.54) is 5.56 Å². The van der Waals surface area contributed by atoms with E-state index in [1.807, 2.05) is 13.8 Å². The predicted octanol–water partition coefficient (Wildman–Crippen LogP) is 4.48. The minimum Gasteiger partial charge on any atom is -0.383 e. The topological polar surface area (TPSA) is 64.9 Å². The first kappa shape index (κ1) is 15.7. The molecule has 4 nitrogen and oxygen atoms in total. The van der Waals surface area contributed by atoms with Crippen molar-refractivity contribution in [3.05, 3.63) is 63.6 Å². The van der Waals surface area contributed by atoms with Crippen LogP contribution in [0.3, 0.4) is 0 Å². The Morgan fingerprint density at radius 2 is 1.87 bits per heavy atom. The van der Waals surface area contributed by atoms with Gasteiger partial charge in [0.05, 0.1) is 5.69 Å². The molecule has 1 aromatic carbocycles. The van der Waals surface area contributed by atoms with E-state index in [4.69, 9.17) is 10.3 Å². The number of rotatable bonds is 4. The molecule has 0 saturated carbocycles. The summed E-state index contributed by atoms with van der Waals surface area (Å²) >= 11 is 3.45. The quantitative estimate of drug-likeness (QED) is 0.733. The van der Waals surface area contributed by atoms with Crippen molar-refractivity contribution in [2.45, 2.75) is 26.7 Å². The maximum absolute atomic E-state index is 6.05. The van der Waals surface area contributed by atoms with Crippen molar-refractivity contribution in [1.29, 1.82) is 0 Å². The Labute approximate surface area is 143 Å². The summed E-state index contributed by atoms with van der Waals surface area (Å²) in [7, 11) is 0. The second-order valence-electron chi connectivity index (χ2n) is 5.59. The highest BCUT2D eigenvalue weighted by atomic mass is 79.9. The SMILES string of the molecule is Cc1noc(C)c1-c1cnc(N)c(CCc2ccc(Br)cc2)c1. The molecule has 0 amide bonds. The minimum atomic E-state index is 0.581. The van der Waals surface area contributed by atoms with E-state index in [2.05, 4.69) is 56.4 Å². The van der Waals surface area contributed by atoms with E-state index in [9.17, 15) is 0 Å². The molecular weight excluding hydrogens is 354 g/mol. The molecule has 2 N–H and O–H groups in total. The largest absolute Gasteiger partial charge is 0.383 e. The minimum absolute atomic E-state index is 0.581. The molecule has 0 aliphatic rings. The molecule has 0 saturated heterocycles. The summed E-state index contributed by atoms with van der Waals surface area (Å²) in [6, 6.07) is 10.4. The van der Waals surface area contributed by atoms with Gasteiger partial charge in [-0.2, -0.15) is 0 Å². The first-order valence-electron chi connectivity index (χ1n) is 7.46. The zero-order valence-corrected chi connectivity index (χ0v) is 14.7. The molecule has 0 aliphatic carbocycles. The highest BCUT2D eigenvalue weighted by Gasteiger charge is 2.13. The van der Waals surface area contributed by atoms with Gasteiger partial charge in [0.15, 0.2) is 0 Å². The van der Waals surface area contributed by atoms with Crippen molar-refractivity contribution >= 4 is 21.7 Å². The predicted molar refractivity (Wildman–Crippen MR) is 95.2 cm³/mol. The first-order chi connectivity index (χ1) is 11.0. The fraction of sp³-hybridized carbons (Fsp3) is 0.222. The number of nitrogen functional groups attached to an aromatic ring is 1. The molecule has 2 heterocycles. The van der Waals surface area contributed by atoms with Crippen molar-refractivity contribution < 1.29 is 4.52 Å². The summed E-state index contributed by atoms with van der Waals surface area (Å²) in [6.45, 7) is 3.84. The van der Waals surface area contributed by atoms with E-state index in [0.717, 1.165) is 45.5 Å². The van der Waals surface area contributed by atoms with Gasteiger partial charge in [-0.15, -0.1) is 0 Å². The number of hydrogen-bond donors (Lipinski definition) is 1. The van der Waals surface area contributed by atoms with Crippen LogP contribution in [0.2, 0.25) is 0 Å². The molecule has 0 aliphatic heterocycles. The third-order valence-corrected chi connectivity index (χ3v) is 4.45. The van der Waals surface area contributed by atoms with Crippen molar-refractivity contribution in [2.75, 3.05) is 5.73 Å². The first-order valence-corrected chi connectivity index (χ1v) is 8.26. The monoisotopic (exact) mass is 371 g/mol. The summed E-state index contributed by atoms with van der Waals surface area (Å²) in [6.07, 6.45) is 3.55. The second kappa shape index (κ2) is 6.54. The lowest BCUT2D eigenvalue weighted by Crippen LogP contribution is -2.01. The van der Waals surface area contributed by atoms with Crippen LogP contribution in [0.5, 0.6) is 0 Å². The number of halogens is 1. The fourth-order valence-corrected chi connectivity index (χ4v) is 2.95. The van der Waals surface area contributed by atoms with E-state index < -0.39 is 0 Å². The van der Waals surface area contributed by atoms with Crippen LogP contribution in [-0.2, 0) is 12.8 Å². The molecule has 0 unspecified atom stereocenters. The normalized spacial score (nSPS) is 10.9. The summed E-state index contributed by atoms with van der Waals surface area (Å²) in [5, 5.41) is 4.01. The lowest BCUT2D eigenvalue weighted by molar-refractivity contribution is 0.393. The third kappa shape index (κ3) is 3.45. The zero-order valence-electron chi connectivity index (χ0n) is 13.1. The van der Waals surface area contributed by atoms with Gasteiger partial charge in [-0.3, -0.25) is 0 Å². The number of nitrogens with zero attached hydrogens (tertiary/aromatic N) is 2. The Morgan fingerprint density at radius 1 is 1.13 bits per heavy atom. The summed E-state index contributed by atoms with van der Waals surface area (Å²) in [5.41, 5.74) is 11.2. The van der Waals surface area contributed by atoms with E-state index in [1.54, 1.807) is 6.20 Å². The van der Waals surface area contributed by atoms with Crippen LogP contribution in [0.4, 0.5) is 5.82 Å². The zero-order chi connectivity index (χ0) is 16.4. The van der Waals surface area contributed by atoms with Crippen LogP contribution in [0.25, 0.3) is 11.1 Å². The Balaban J connectivity index is 1.85. The fourth-order valence-electron chi connectivity index (χ4n) is 2.68. The van der Waals surface area contributed by atoms with E-state index in [-0.39, 0.29) is 0 Å². The van der Waals surface area contributed by atoms with Gasteiger partial charge in [-0.05, 0) is 56.0 Å². The lowest BCUT2D eigenvalue weighted by Gasteiger charge is -2.08. The molecule has 5 heteroatoms. The number of aryl methyl sites for hydroxylation is 4. The van der Waals surface area contributed by atoms with Gasteiger partial charge in [-0.25, -0.2) is 4.98 Å². The van der Waals surface area contributed by atoms with Crippen molar-refractivity contribution in [3.63, 3.8) is 0 Å². The van der Waals surface area contributed by atoms with Gasteiger partial charge >= 0.3 is 0 Å². The molecule has 0 fully saturated rings. The van der Waals surface area contributed by atoms with Crippen molar-refractivity contribution in [2.24, 2.45) is 0 Å². The van der Waals surface area contributed by atoms with Crippen molar-refractivity contribution in [3.8, 4) is 11.1 Å². The Bertz CT molecular complexity index is 805. The molecule has 3 aromatic rings. The molecule has 23 heavy (non-hydrogen) atoms. The third-order valence-electron chi connectivity index (χ3n) is 3.92. The van der Waals surface area contributed by atoms with Crippen LogP contribution in [0.15, 0.2) is 45.5 Å². The summed E-state index contributed by atoms with van der Waals surface area (Å²) in [5.74, 6) is 1.38. The number of benzene rings is 1. The molecule has 3 rings (SSSR count). The van der Waals surface area contributed by atoms with Gasteiger partial charge in [0, 0.05) is 21.8 Å². The van der Waals surface area contributed by atoms with Crippen LogP contribution < -0.4 is 5.73 Å². The number of nitrogens with two attached hydrogens (primary N) is 1. The Kier molecular flexibility index (Phi) is 4.48. The number of anilines is 1. The molecule has 0 atom stereocenters. The number of pyridine rings is 1. The molecule has 2 aromatic heterocycles. The number of hydrogen-bond acceptors (Lipinski definition) is 4. The molecular formula is C18H18BrN3O. The van der Waals surface area contributed by atoms with Gasteiger partial charge in [0.2, 0.25) is 0 Å². The average Bonchev–Trinajstić information content (AvgIpc) is 2.87. The maximum Gasteiger partial charge on any atom is 0.141 e. The highest BCUT2D eigenvalue weighted by molar-refractivity contribution is 9.10. The van der Waals surface area contributed by atoms with Gasteiger partial charge in [0.1, 0.15) is 11.6 Å². The van der Waals surface area contributed by atoms with E-state index >= 15 is 0 Å². The van der Waals surface area contributed by atoms with Gasteiger partial charge in [-0.1, -0.05) is 33.2 Å². The maximum atomic E-state index is 6.05.